The molecule has 0 unspecified atom stereocenters. The van der Waals surface area contributed by atoms with E-state index >= 15 is 0 Å². The van der Waals surface area contributed by atoms with Gasteiger partial charge in [-0.15, -0.1) is 0 Å². The molecule has 0 bridgehead atoms. The molecule has 0 spiro atoms. The molecular weight excluding hydrogens is 543 g/mol. The third kappa shape index (κ3) is 8.23. The second kappa shape index (κ2) is 13.3. The van der Waals surface area contributed by atoms with Gasteiger partial charge < -0.3 is 18.9 Å². The van der Waals surface area contributed by atoms with Gasteiger partial charge >= 0.3 is 18.2 Å². The summed E-state index contributed by atoms with van der Waals surface area (Å²) in [5, 5.41) is 5.02. The number of hydrazone groups is 1. The maximum absolute atomic E-state index is 12.8. The van der Waals surface area contributed by atoms with E-state index in [1.165, 1.54) is 6.21 Å². The topological polar surface area (TPSA) is 95.5 Å². The SMILES string of the molecule is COc1ccc(C(=O)Oc2ccc(/C=N\NC(=O)C(Oc3ccc(Cl)cc3)Oc3ccc(Cl)cc3)cc2)cc1. The van der Waals surface area contributed by atoms with Crippen molar-refractivity contribution in [1.82, 2.24) is 5.43 Å². The number of carbonyl (C=O) groups excluding carboxylic acids is 2. The zero-order chi connectivity index (χ0) is 27.6. The molecule has 1 N–H and O–H groups in total. The van der Waals surface area contributed by atoms with Crippen LogP contribution in [-0.2, 0) is 4.79 Å². The number of carbonyl (C=O) groups is 2. The van der Waals surface area contributed by atoms with Crippen LogP contribution in [0.25, 0.3) is 0 Å². The molecule has 0 saturated carbocycles. The molecule has 0 heterocycles. The minimum Gasteiger partial charge on any atom is -0.497 e. The van der Waals surface area contributed by atoms with Crippen molar-refractivity contribution in [2.24, 2.45) is 5.10 Å². The predicted molar refractivity (Wildman–Crippen MR) is 148 cm³/mol. The molecule has 0 saturated heterocycles. The molecule has 198 valence electrons. The number of nitrogens with zero attached hydrogens (tertiary/aromatic N) is 1. The Balaban J connectivity index is 1.36. The van der Waals surface area contributed by atoms with Gasteiger partial charge in [-0.2, -0.15) is 5.10 Å². The first-order chi connectivity index (χ1) is 18.9. The van der Waals surface area contributed by atoms with Gasteiger partial charge in [0.15, 0.2) is 0 Å². The van der Waals surface area contributed by atoms with E-state index < -0.39 is 18.2 Å². The standard InChI is InChI=1S/C29H22Cl2N2O6/c1-36-23-12-4-20(5-13-23)28(35)37-24-10-2-19(3-11-24)18-32-33-27(34)29(38-25-14-6-21(30)7-15-25)39-26-16-8-22(31)9-17-26/h2-18,29H,1H3,(H,33,34)/b32-18-. The molecule has 4 aromatic carbocycles. The molecule has 0 radical (unpaired) electrons. The Hall–Kier alpha value is -4.53. The quantitative estimate of drug-likeness (QED) is 0.0815. The Bertz CT molecular complexity index is 1380. The summed E-state index contributed by atoms with van der Waals surface area (Å²) in [5.74, 6) is 0.584. The molecule has 1 amide bonds. The van der Waals surface area contributed by atoms with Crippen LogP contribution in [0.15, 0.2) is 102 Å². The van der Waals surface area contributed by atoms with Crippen LogP contribution in [0.2, 0.25) is 10.0 Å². The molecule has 0 aliphatic rings. The van der Waals surface area contributed by atoms with Crippen LogP contribution in [0.3, 0.4) is 0 Å². The van der Waals surface area contributed by atoms with Crippen LogP contribution in [0.5, 0.6) is 23.0 Å². The Morgan fingerprint density at radius 1 is 0.718 bits per heavy atom. The normalized spacial score (nSPS) is 10.8. The summed E-state index contributed by atoms with van der Waals surface area (Å²) < 4.78 is 21.9. The first kappa shape index (κ1) is 27.5. The maximum Gasteiger partial charge on any atom is 0.343 e. The fourth-order valence-corrected chi connectivity index (χ4v) is 3.39. The lowest BCUT2D eigenvalue weighted by Crippen LogP contribution is -2.40. The predicted octanol–water partition coefficient (Wildman–Crippen LogP) is 6.16. The highest BCUT2D eigenvalue weighted by molar-refractivity contribution is 6.30. The number of esters is 1. The number of nitrogens with one attached hydrogen (secondary N) is 1. The van der Waals surface area contributed by atoms with Crippen molar-refractivity contribution in [3.8, 4) is 23.0 Å². The molecule has 0 aliphatic carbocycles. The molecule has 0 atom stereocenters. The zero-order valence-electron chi connectivity index (χ0n) is 20.5. The summed E-state index contributed by atoms with van der Waals surface area (Å²) >= 11 is 11.9. The molecule has 0 aromatic heterocycles. The Kier molecular flexibility index (Phi) is 9.39. The Labute approximate surface area is 234 Å². The molecule has 4 rings (SSSR count). The number of amides is 1. The Morgan fingerprint density at radius 2 is 1.21 bits per heavy atom. The number of ether oxygens (including phenoxy) is 4. The second-order valence-electron chi connectivity index (χ2n) is 7.90. The average Bonchev–Trinajstić information content (AvgIpc) is 2.96. The van der Waals surface area contributed by atoms with E-state index in [9.17, 15) is 9.59 Å². The third-order valence-corrected chi connectivity index (χ3v) is 5.64. The van der Waals surface area contributed by atoms with Gasteiger partial charge in [0.1, 0.15) is 23.0 Å². The van der Waals surface area contributed by atoms with Crippen LogP contribution < -0.4 is 24.4 Å². The highest BCUT2D eigenvalue weighted by atomic mass is 35.5. The monoisotopic (exact) mass is 564 g/mol. The van der Waals surface area contributed by atoms with E-state index in [1.807, 2.05) is 0 Å². The van der Waals surface area contributed by atoms with Crippen LogP contribution in [0.4, 0.5) is 0 Å². The van der Waals surface area contributed by atoms with E-state index in [-0.39, 0.29) is 0 Å². The number of rotatable bonds is 10. The van der Waals surface area contributed by atoms with Crippen molar-refractivity contribution >= 4 is 41.3 Å². The lowest BCUT2D eigenvalue weighted by Gasteiger charge is -2.19. The van der Waals surface area contributed by atoms with Crippen molar-refractivity contribution in [1.29, 1.82) is 0 Å². The molecule has 10 heteroatoms. The molecule has 0 fully saturated rings. The number of methoxy groups -OCH3 is 1. The maximum atomic E-state index is 12.8. The van der Waals surface area contributed by atoms with Crippen LogP contribution >= 0.6 is 23.2 Å². The van der Waals surface area contributed by atoms with Crippen molar-refractivity contribution in [3.63, 3.8) is 0 Å². The lowest BCUT2D eigenvalue weighted by atomic mass is 10.2. The van der Waals surface area contributed by atoms with Gasteiger partial charge in [-0.25, -0.2) is 10.2 Å². The van der Waals surface area contributed by atoms with Gasteiger partial charge in [-0.05, 0) is 103 Å². The number of halogens is 2. The summed E-state index contributed by atoms with van der Waals surface area (Å²) in [6, 6.07) is 26.1. The number of hydrogen-bond donors (Lipinski definition) is 1. The van der Waals surface area contributed by atoms with E-state index in [1.54, 1.807) is 104 Å². The van der Waals surface area contributed by atoms with E-state index in [4.69, 9.17) is 42.1 Å². The van der Waals surface area contributed by atoms with Gasteiger partial charge in [0.2, 0.25) is 0 Å². The van der Waals surface area contributed by atoms with Gasteiger partial charge in [0.05, 0.1) is 18.9 Å². The minimum absolute atomic E-state index is 0.352. The third-order valence-electron chi connectivity index (χ3n) is 5.13. The fourth-order valence-electron chi connectivity index (χ4n) is 3.14. The molecule has 4 aromatic rings. The van der Waals surface area contributed by atoms with Gasteiger partial charge in [0.25, 0.3) is 0 Å². The fraction of sp³-hybridized carbons (Fsp3) is 0.0690. The Morgan fingerprint density at radius 3 is 1.72 bits per heavy atom. The molecule has 8 nitrogen and oxygen atoms in total. The summed E-state index contributed by atoms with van der Waals surface area (Å²) in [5.41, 5.74) is 3.44. The molecular formula is C29H22Cl2N2O6. The number of hydrogen-bond acceptors (Lipinski definition) is 7. The van der Waals surface area contributed by atoms with E-state index in [2.05, 4.69) is 10.5 Å². The first-order valence-electron chi connectivity index (χ1n) is 11.5. The van der Waals surface area contributed by atoms with Gasteiger partial charge in [0, 0.05) is 10.0 Å². The summed E-state index contributed by atoms with van der Waals surface area (Å²) in [4.78, 5) is 25.2. The summed E-state index contributed by atoms with van der Waals surface area (Å²) in [6.45, 7) is 0. The van der Waals surface area contributed by atoms with Crippen LogP contribution in [0.1, 0.15) is 15.9 Å². The van der Waals surface area contributed by atoms with Crippen LogP contribution in [0, 0.1) is 0 Å². The van der Waals surface area contributed by atoms with Gasteiger partial charge in [-0.1, -0.05) is 23.2 Å². The highest BCUT2D eigenvalue weighted by Crippen LogP contribution is 2.21. The lowest BCUT2D eigenvalue weighted by molar-refractivity contribution is -0.140. The van der Waals surface area contributed by atoms with Crippen molar-refractivity contribution in [2.75, 3.05) is 7.11 Å². The van der Waals surface area contributed by atoms with Crippen LogP contribution in [-0.4, -0.2) is 31.5 Å². The first-order valence-corrected chi connectivity index (χ1v) is 12.3. The molecule has 0 aliphatic heterocycles. The number of benzene rings is 4. The van der Waals surface area contributed by atoms with Gasteiger partial charge in [-0.3, -0.25) is 4.79 Å². The minimum atomic E-state index is -1.36. The smallest absolute Gasteiger partial charge is 0.343 e. The largest absolute Gasteiger partial charge is 0.497 e. The summed E-state index contributed by atoms with van der Waals surface area (Å²) in [7, 11) is 1.55. The molecule has 39 heavy (non-hydrogen) atoms. The highest BCUT2D eigenvalue weighted by Gasteiger charge is 2.22. The van der Waals surface area contributed by atoms with Crippen molar-refractivity contribution in [2.45, 2.75) is 6.29 Å². The average molecular weight is 565 g/mol. The van der Waals surface area contributed by atoms with Crippen molar-refractivity contribution < 1.29 is 28.5 Å². The zero-order valence-corrected chi connectivity index (χ0v) is 22.1. The summed E-state index contributed by atoms with van der Waals surface area (Å²) in [6.07, 6.45) is 0.0680. The van der Waals surface area contributed by atoms with E-state index in [0.717, 1.165) is 0 Å². The second-order valence-corrected chi connectivity index (χ2v) is 8.77. The van der Waals surface area contributed by atoms with Crippen molar-refractivity contribution in [3.05, 3.63) is 118 Å². The van der Waals surface area contributed by atoms with E-state index in [0.29, 0.717) is 44.2 Å².